The zero-order chi connectivity index (χ0) is 21.3. The number of aromatic nitrogens is 2. The molecule has 0 aliphatic carbocycles. The van der Waals surface area contributed by atoms with Crippen molar-refractivity contribution in [2.45, 2.75) is 63.1 Å². The van der Waals surface area contributed by atoms with Crippen LogP contribution in [-0.2, 0) is 23.1 Å². The zero-order valence-corrected chi connectivity index (χ0v) is 19.4. The highest BCUT2D eigenvalue weighted by Gasteiger charge is 2.29. The molecule has 2 aliphatic heterocycles. The SMILES string of the molecule is CCCn1c(CN2CCCC2CN2CCCC2)nc2cc(S(=O)(=O)N(C)C)ccc21. The van der Waals surface area contributed by atoms with Gasteiger partial charge >= 0.3 is 0 Å². The molecule has 0 N–H and O–H groups in total. The van der Waals surface area contributed by atoms with E-state index in [1.165, 1.54) is 49.6 Å². The topological polar surface area (TPSA) is 61.7 Å². The van der Waals surface area contributed by atoms with Crippen molar-refractivity contribution in [2.24, 2.45) is 0 Å². The molecule has 1 aromatic carbocycles. The Bertz CT molecular complexity index is 979. The number of hydrogen-bond acceptors (Lipinski definition) is 5. The fraction of sp³-hybridized carbons (Fsp3) is 0.682. The Hall–Kier alpha value is -1.48. The number of likely N-dealkylation sites (tertiary alicyclic amines) is 2. The summed E-state index contributed by atoms with van der Waals surface area (Å²) >= 11 is 0. The van der Waals surface area contributed by atoms with E-state index in [2.05, 4.69) is 21.3 Å². The molecule has 0 radical (unpaired) electrons. The number of hydrogen-bond donors (Lipinski definition) is 0. The molecule has 166 valence electrons. The van der Waals surface area contributed by atoms with Crippen LogP contribution in [0.15, 0.2) is 23.1 Å². The van der Waals surface area contributed by atoms with E-state index in [-0.39, 0.29) is 0 Å². The van der Waals surface area contributed by atoms with Crippen molar-refractivity contribution in [3.05, 3.63) is 24.0 Å². The van der Waals surface area contributed by atoms with Crippen LogP contribution < -0.4 is 0 Å². The highest BCUT2D eigenvalue weighted by Crippen LogP contribution is 2.26. The smallest absolute Gasteiger partial charge is 0.242 e. The maximum atomic E-state index is 12.6. The van der Waals surface area contributed by atoms with Crippen LogP contribution in [0.4, 0.5) is 0 Å². The second kappa shape index (κ2) is 8.94. The summed E-state index contributed by atoms with van der Waals surface area (Å²) < 4.78 is 28.7. The fourth-order valence-corrected chi connectivity index (χ4v) is 5.80. The average Bonchev–Trinajstić information content (AvgIpc) is 3.44. The van der Waals surface area contributed by atoms with E-state index >= 15 is 0 Å². The van der Waals surface area contributed by atoms with E-state index in [1.807, 2.05) is 6.07 Å². The van der Waals surface area contributed by atoms with Gasteiger partial charge in [-0.2, -0.15) is 0 Å². The van der Waals surface area contributed by atoms with Gasteiger partial charge in [0.1, 0.15) is 5.82 Å². The van der Waals surface area contributed by atoms with E-state index in [9.17, 15) is 8.42 Å². The Kier molecular flexibility index (Phi) is 6.48. The average molecular weight is 434 g/mol. The first-order valence-corrected chi connectivity index (χ1v) is 12.7. The van der Waals surface area contributed by atoms with Gasteiger partial charge in [-0.15, -0.1) is 0 Å². The lowest BCUT2D eigenvalue weighted by molar-refractivity contribution is 0.180. The number of aryl methyl sites for hydroxylation is 1. The predicted octanol–water partition coefficient (Wildman–Crippen LogP) is 2.76. The molecule has 30 heavy (non-hydrogen) atoms. The molecule has 2 aliphatic rings. The molecule has 2 fully saturated rings. The molecule has 2 aromatic rings. The summed E-state index contributed by atoms with van der Waals surface area (Å²) in [7, 11) is -0.333. The normalized spacial score (nSPS) is 21.4. The summed E-state index contributed by atoms with van der Waals surface area (Å²) in [4.78, 5) is 10.4. The molecule has 1 unspecified atom stereocenters. The van der Waals surface area contributed by atoms with Crippen LogP contribution in [-0.4, -0.2) is 78.4 Å². The molecule has 0 saturated carbocycles. The predicted molar refractivity (Wildman–Crippen MR) is 120 cm³/mol. The number of benzene rings is 1. The van der Waals surface area contributed by atoms with E-state index in [4.69, 9.17) is 4.98 Å². The van der Waals surface area contributed by atoms with Gasteiger partial charge in [-0.25, -0.2) is 17.7 Å². The lowest BCUT2D eigenvalue weighted by Gasteiger charge is -2.28. The lowest BCUT2D eigenvalue weighted by atomic mass is 10.2. The molecule has 3 heterocycles. The third-order valence-electron chi connectivity index (χ3n) is 6.54. The van der Waals surface area contributed by atoms with E-state index < -0.39 is 10.0 Å². The van der Waals surface area contributed by atoms with Gasteiger partial charge in [-0.05, 0) is 69.9 Å². The van der Waals surface area contributed by atoms with E-state index in [1.54, 1.807) is 26.2 Å². The van der Waals surface area contributed by atoms with Gasteiger partial charge in [0.15, 0.2) is 0 Å². The van der Waals surface area contributed by atoms with Crippen molar-refractivity contribution in [1.82, 2.24) is 23.7 Å². The Labute approximate surface area is 180 Å². The minimum atomic E-state index is -3.46. The minimum absolute atomic E-state index is 0.306. The number of rotatable bonds is 8. The zero-order valence-electron chi connectivity index (χ0n) is 18.5. The summed E-state index contributed by atoms with van der Waals surface area (Å²) in [6.45, 7) is 8.67. The minimum Gasteiger partial charge on any atom is -0.327 e. The first-order valence-electron chi connectivity index (χ1n) is 11.3. The third kappa shape index (κ3) is 4.28. The molecule has 2 saturated heterocycles. The summed E-state index contributed by atoms with van der Waals surface area (Å²) in [6.07, 6.45) is 6.19. The first-order chi connectivity index (χ1) is 14.4. The number of sulfonamides is 1. The van der Waals surface area contributed by atoms with Gasteiger partial charge in [-0.1, -0.05) is 6.92 Å². The van der Waals surface area contributed by atoms with Crippen molar-refractivity contribution in [3.8, 4) is 0 Å². The van der Waals surface area contributed by atoms with Crippen molar-refractivity contribution in [2.75, 3.05) is 40.3 Å². The van der Waals surface area contributed by atoms with Crippen LogP contribution in [0, 0.1) is 0 Å². The van der Waals surface area contributed by atoms with Crippen LogP contribution >= 0.6 is 0 Å². The number of fused-ring (bicyclic) bond motifs is 1. The fourth-order valence-electron chi connectivity index (χ4n) is 4.88. The van der Waals surface area contributed by atoms with Gasteiger partial charge in [0, 0.05) is 33.2 Å². The quantitative estimate of drug-likeness (QED) is 0.641. The van der Waals surface area contributed by atoms with Crippen molar-refractivity contribution >= 4 is 21.1 Å². The molecule has 0 spiro atoms. The molecule has 4 rings (SSSR count). The molecule has 1 atom stereocenters. The lowest BCUT2D eigenvalue weighted by Crippen LogP contribution is -2.39. The van der Waals surface area contributed by atoms with Crippen molar-refractivity contribution in [3.63, 3.8) is 0 Å². The van der Waals surface area contributed by atoms with Crippen molar-refractivity contribution in [1.29, 1.82) is 0 Å². The summed E-state index contributed by atoms with van der Waals surface area (Å²) in [5.41, 5.74) is 1.80. The molecule has 8 heteroatoms. The molecule has 0 amide bonds. The van der Waals surface area contributed by atoms with Gasteiger partial charge in [-0.3, -0.25) is 4.90 Å². The third-order valence-corrected chi connectivity index (χ3v) is 8.35. The van der Waals surface area contributed by atoms with Gasteiger partial charge < -0.3 is 9.47 Å². The van der Waals surface area contributed by atoms with Crippen LogP contribution in [0.3, 0.4) is 0 Å². The number of imidazole rings is 1. The van der Waals surface area contributed by atoms with Crippen LogP contribution in [0.5, 0.6) is 0 Å². The van der Waals surface area contributed by atoms with Crippen LogP contribution in [0.2, 0.25) is 0 Å². The standard InChI is InChI=1S/C22H35N5O2S/c1-4-11-27-21-10-9-19(30(28,29)24(2)3)15-20(21)23-22(27)17-26-14-7-8-18(26)16-25-12-5-6-13-25/h9-10,15,18H,4-8,11-14,16-17H2,1-3H3. The largest absolute Gasteiger partial charge is 0.327 e. The maximum absolute atomic E-state index is 12.6. The Morgan fingerprint density at radius 3 is 2.60 bits per heavy atom. The monoisotopic (exact) mass is 433 g/mol. The molecular weight excluding hydrogens is 398 g/mol. The molecule has 7 nitrogen and oxygen atoms in total. The Balaban J connectivity index is 1.61. The maximum Gasteiger partial charge on any atom is 0.242 e. The molecule has 1 aromatic heterocycles. The summed E-state index contributed by atoms with van der Waals surface area (Å²) in [6, 6.07) is 5.96. The Morgan fingerprint density at radius 2 is 1.90 bits per heavy atom. The summed E-state index contributed by atoms with van der Waals surface area (Å²) in [5.74, 6) is 1.06. The van der Waals surface area contributed by atoms with Gasteiger partial charge in [0.25, 0.3) is 0 Å². The van der Waals surface area contributed by atoms with Gasteiger partial charge in [0.05, 0.1) is 22.5 Å². The highest BCUT2D eigenvalue weighted by molar-refractivity contribution is 7.89. The van der Waals surface area contributed by atoms with E-state index in [0.717, 1.165) is 42.9 Å². The highest BCUT2D eigenvalue weighted by atomic mass is 32.2. The van der Waals surface area contributed by atoms with Crippen LogP contribution in [0.1, 0.15) is 44.9 Å². The van der Waals surface area contributed by atoms with Crippen molar-refractivity contribution < 1.29 is 8.42 Å². The second-order valence-electron chi connectivity index (χ2n) is 8.89. The van der Waals surface area contributed by atoms with Gasteiger partial charge in [0.2, 0.25) is 10.0 Å². The van der Waals surface area contributed by atoms with E-state index in [0.29, 0.717) is 10.9 Å². The molecular formula is C22H35N5O2S. The molecule has 0 bridgehead atoms. The van der Waals surface area contributed by atoms with Crippen LogP contribution in [0.25, 0.3) is 11.0 Å². The Morgan fingerprint density at radius 1 is 1.13 bits per heavy atom. The first kappa shape index (κ1) is 21.7. The summed E-state index contributed by atoms with van der Waals surface area (Å²) in [5, 5.41) is 0. The number of nitrogens with zero attached hydrogens (tertiary/aromatic N) is 5. The second-order valence-corrected chi connectivity index (χ2v) is 11.0.